The summed E-state index contributed by atoms with van der Waals surface area (Å²) in [5.74, 6) is 0. The van der Waals surface area contributed by atoms with Crippen molar-refractivity contribution in [2.24, 2.45) is 0 Å². The Balaban J connectivity index is 0.00000107. The van der Waals surface area contributed by atoms with Gasteiger partial charge in [-0.05, 0) is 0 Å². The molecule has 0 aliphatic carbocycles. The van der Waals surface area contributed by atoms with Crippen LogP contribution in [0.3, 0.4) is 0 Å². The van der Waals surface area contributed by atoms with Crippen molar-refractivity contribution in [1.82, 2.24) is 0 Å². The van der Waals surface area contributed by atoms with Crippen molar-refractivity contribution in [3.63, 3.8) is 0 Å². The summed E-state index contributed by atoms with van der Waals surface area (Å²) in [7, 11) is 3.56. The molecule has 0 nitrogen and oxygen atoms in total. The first-order valence-electron chi connectivity index (χ1n) is 18.8. The van der Waals surface area contributed by atoms with Crippen molar-refractivity contribution in [3.8, 4) is 44.5 Å². The van der Waals surface area contributed by atoms with E-state index in [9.17, 15) is 0 Å². The third-order valence-corrected chi connectivity index (χ3v) is 18.9. The van der Waals surface area contributed by atoms with Gasteiger partial charge in [-0.2, -0.15) is 0 Å². The van der Waals surface area contributed by atoms with Gasteiger partial charge in [0.25, 0.3) is 0 Å². The molecule has 0 radical (unpaired) electrons. The second-order valence-electron chi connectivity index (χ2n) is 14.5. The minimum atomic E-state index is -3.85. The second-order valence-corrected chi connectivity index (χ2v) is 25.3. The third-order valence-electron chi connectivity index (χ3n) is 9.96. The molecule has 1 atom stereocenters. The first-order chi connectivity index (χ1) is 26.4. The van der Waals surface area contributed by atoms with E-state index in [0.29, 0.717) is 0 Å². The molecule has 1 unspecified atom stereocenters. The maximum atomic E-state index is 3.70. The summed E-state index contributed by atoms with van der Waals surface area (Å²) in [6.07, 6.45) is -3.85. The van der Waals surface area contributed by atoms with E-state index >= 15 is 0 Å². The molecule has 0 N–H and O–H groups in total. The zero-order chi connectivity index (χ0) is 37.4. The predicted octanol–water partition coefficient (Wildman–Crippen LogP) is 12.4. The van der Waals surface area contributed by atoms with Crippen LogP contribution in [0.25, 0.3) is 44.5 Å². The molecule has 8 rings (SSSR count). The van der Waals surface area contributed by atoms with Gasteiger partial charge in [0.15, 0.2) is 0 Å². The third kappa shape index (κ3) is 6.97. The van der Waals surface area contributed by atoms with Crippen LogP contribution in [0.4, 0.5) is 0 Å². The van der Waals surface area contributed by atoms with E-state index in [4.69, 9.17) is 0 Å². The molecular weight excluding hydrogens is 703 g/mol. The van der Waals surface area contributed by atoms with Crippen LogP contribution in [-0.2, 0) is 0 Å². The monoisotopic (exact) mass is 750 g/mol. The van der Waals surface area contributed by atoms with Gasteiger partial charge in [-0.15, -0.1) is 0 Å². The van der Waals surface area contributed by atoms with Gasteiger partial charge < -0.3 is 0 Å². The quantitative estimate of drug-likeness (QED) is 0.107. The first-order valence-corrected chi connectivity index (χ1v) is 26.2. The van der Waals surface area contributed by atoms with E-state index in [0.717, 1.165) is 0 Å². The summed E-state index contributed by atoms with van der Waals surface area (Å²) >= 11 is 0. The van der Waals surface area contributed by atoms with Crippen molar-refractivity contribution in [2.75, 3.05) is 0 Å². The van der Waals surface area contributed by atoms with Gasteiger partial charge in [0.05, 0.1) is 0 Å². The van der Waals surface area contributed by atoms with E-state index in [2.05, 4.69) is 247 Å². The number of benzene rings is 8. The normalized spacial score (nSPS) is 11.9. The molecule has 0 aliphatic rings. The molecule has 0 heterocycles. The molecule has 0 spiro atoms. The molecule has 266 valence electrons. The van der Waals surface area contributed by atoms with Crippen LogP contribution in [0.15, 0.2) is 218 Å². The van der Waals surface area contributed by atoms with Crippen molar-refractivity contribution in [1.29, 1.82) is 0 Å². The van der Waals surface area contributed by atoms with Gasteiger partial charge in [0, 0.05) is 8.80 Å². The molecule has 0 bridgehead atoms. The van der Waals surface area contributed by atoms with E-state index in [1.165, 1.54) is 65.7 Å². The summed E-state index contributed by atoms with van der Waals surface area (Å²) in [6.45, 7) is 6.92. The number of hydrogen-bond donors (Lipinski definition) is 0. The fourth-order valence-corrected chi connectivity index (χ4v) is 16.4. The van der Waals surface area contributed by atoms with E-state index in [-0.39, 0.29) is 8.80 Å². The fourth-order valence-electron chi connectivity index (χ4n) is 7.74. The summed E-state index contributed by atoms with van der Waals surface area (Å²) < 4.78 is 0. The molecule has 8 aromatic carbocycles. The number of hydrogen-bond acceptors (Lipinski definition) is 0. The Hall–Kier alpha value is -5.16. The van der Waals surface area contributed by atoms with Crippen LogP contribution in [0, 0.1) is 0 Å². The van der Waals surface area contributed by atoms with Crippen molar-refractivity contribution < 1.29 is 0 Å². The number of rotatable bonds is 8. The topological polar surface area (TPSA) is 0 Å². The average Bonchev–Trinajstić information content (AvgIpc) is 3.24. The summed E-state index contributed by atoms with van der Waals surface area (Å²) in [4.78, 5) is 0. The van der Waals surface area contributed by atoms with Crippen LogP contribution in [0.2, 0.25) is 19.6 Å². The Bertz CT molecular complexity index is 2100. The van der Waals surface area contributed by atoms with Gasteiger partial charge in [0.2, 0.25) is 0 Å². The minimum absolute atomic E-state index is 0.139. The Kier molecular flexibility index (Phi) is 11.3. The van der Waals surface area contributed by atoms with E-state index in [1.807, 2.05) is 0 Å². The molecule has 0 aliphatic heterocycles. The first kappa shape index (κ1) is 37.2. The molecule has 0 saturated carbocycles. The van der Waals surface area contributed by atoms with Crippen LogP contribution >= 0.6 is 15.2 Å². The molecule has 8 aromatic rings. The summed E-state index contributed by atoms with van der Waals surface area (Å²) in [6, 6.07) is 80.2. The molecule has 0 saturated heterocycles. The Morgan fingerprint density at radius 2 is 0.444 bits per heavy atom. The van der Waals surface area contributed by atoms with E-state index < -0.39 is 6.29 Å². The average molecular weight is 751 g/mol. The molecule has 3 heteroatoms. The summed E-state index contributed by atoms with van der Waals surface area (Å²) in [5.41, 5.74) is 9.72. The van der Waals surface area contributed by atoms with Crippen LogP contribution in [-0.4, -0.2) is 8.80 Å². The Morgan fingerprint density at radius 1 is 0.278 bits per heavy atom. The second kappa shape index (κ2) is 16.5. The van der Waals surface area contributed by atoms with Crippen LogP contribution in [0.5, 0.6) is 0 Å². The van der Waals surface area contributed by atoms with Gasteiger partial charge in [-0.1, -0.05) is 19.6 Å². The standard InChI is InChI=1S/C48H38P2.C3H10Si/c49-50(45-33-17-13-29-41(45)37-21-5-1-6-22-37,46-34-18-14-30-42(46)38-23-7-2-8-24-38,47-35-19-15-31-43(47)39-25-9-3-10-26-39)48-36-20-16-32-44(48)40-27-11-4-12-28-40;1-4(2)3/h1-36H,49H2;4H,1-3H3. The fraction of sp³-hybridized carbons (Fsp3) is 0.0588. The van der Waals surface area contributed by atoms with Gasteiger partial charge >= 0.3 is 299 Å². The molecular formula is C51H48P2Si. The molecule has 0 fully saturated rings. The summed E-state index contributed by atoms with van der Waals surface area (Å²) in [5, 5.41) is 5.24. The molecule has 54 heavy (non-hydrogen) atoms. The Morgan fingerprint density at radius 3 is 0.648 bits per heavy atom. The van der Waals surface area contributed by atoms with Crippen LogP contribution < -0.4 is 21.2 Å². The van der Waals surface area contributed by atoms with Gasteiger partial charge in [-0.3, -0.25) is 0 Å². The van der Waals surface area contributed by atoms with Gasteiger partial charge in [0.1, 0.15) is 0 Å². The van der Waals surface area contributed by atoms with E-state index in [1.54, 1.807) is 0 Å². The van der Waals surface area contributed by atoms with Crippen LogP contribution in [0.1, 0.15) is 0 Å². The van der Waals surface area contributed by atoms with Crippen molar-refractivity contribution in [2.45, 2.75) is 19.6 Å². The molecule has 0 amide bonds. The zero-order valence-corrected chi connectivity index (χ0v) is 34.6. The van der Waals surface area contributed by atoms with Crippen molar-refractivity contribution in [3.05, 3.63) is 218 Å². The SMILES string of the molecule is C[SiH](C)C.PP(c1ccccc1-c1ccccc1)(c1ccccc1-c1ccccc1)(c1ccccc1-c1ccccc1)c1ccccc1-c1ccccc1. The predicted molar refractivity (Wildman–Crippen MR) is 247 cm³/mol. The van der Waals surface area contributed by atoms with Crippen molar-refractivity contribution >= 4 is 45.2 Å². The Labute approximate surface area is 326 Å². The maximum absolute atomic E-state index is 3.85. The molecule has 0 aromatic heterocycles. The zero-order valence-electron chi connectivity index (χ0n) is 31.4. The van der Waals surface area contributed by atoms with Gasteiger partial charge in [-0.25, -0.2) is 0 Å².